The van der Waals surface area contributed by atoms with Crippen molar-refractivity contribution in [1.29, 1.82) is 0 Å². The Morgan fingerprint density at radius 3 is 1.48 bits per heavy atom. The summed E-state index contributed by atoms with van der Waals surface area (Å²) in [6.07, 6.45) is 0. The van der Waals surface area contributed by atoms with Crippen LogP contribution in [0.15, 0.2) is 89.7 Å². The molecule has 0 aliphatic carbocycles. The highest BCUT2D eigenvalue weighted by Gasteiger charge is 2.08. The van der Waals surface area contributed by atoms with Crippen LogP contribution in [-0.2, 0) is 0 Å². The number of aromatic nitrogens is 1. The molecule has 0 aliphatic rings. The molecule has 0 bridgehead atoms. The zero-order chi connectivity index (χ0) is 21.4. The van der Waals surface area contributed by atoms with Gasteiger partial charge in [-0.1, -0.05) is 12.1 Å². The third kappa shape index (κ3) is 3.74. The lowest BCUT2D eigenvalue weighted by molar-refractivity contribution is 1.46. The van der Waals surface area contributed by atoms with Gasteiger partial charge in [-0.3, -0.25) is 4.79 Å². The first kappa shape index (κ1) is 18.6. The highest BCUT2D eigenvalue weighted by Crippen LogP contribution is 2.25. The normalized spacial score (nSPS) is 11.0. The van der Waals surface area contributed by atoms with Crippen molar-refractivity contribution in [2.75, 3.05) is 22.1 Å². The number of hydrogen-bond acceptors (Lipinski definition) is 5. The maximum atomic E-state index is 13.0. The topological polar surface area (TPSA) is 109 Å². The van der Waals surface area contributed by atoms with E-state index in [0.717, 1.165) is 33.8 Å². The molecule has 6 nitrogen and oxygen atoms in total. The third-order valence-corrected chi connectivity index (χ3v) is 5.15. The second-order valence-corrected chi connectivity index (χ2v) is 7.48. The number of benzene rings is 4. The third-order valence-electron chi connectivity index (χ3n) is 5.15. The van der Waals surface area contributed by atoms with Crippen molar-refractivity contribution in [2.45, 2.75) is 0 Å². The molecule has 0 radical (unpaired) electrons. The fourth-order valence-corrected chi connectivity index (χ4v) is 3.70. The second-order valence-electron chi connectivity index (χ2n) is 7.48. The van der Waals surface area contributed by atoms with Crippen molar-refractivity contribution in [3.05, 3.63) is 95.2 Å². The largest absolute Gasteiger partial charge is 0.399 e. The Bertz CT molecular complexity index is 1380. The molecule has 0 spiro atoms. The number of hydrogen-bond donors (Lipinski definition) is 5. The minimum absolute atomic E-state index is 0.00485. The monoisotopic (exact) mass is 407 g/mol. The van der Waals surface area contributed by atoms with E-state index in [2.05, 4.69) is 15.6 Å². The molecular formula is C25H21N5O. The van der Waals surface area contributed by atoms with Gasteiger partial charge >= 0.3 is 0 Å². The molecule has 1 aromatic heterocycles. The van der Waals surface area contributed by atoms with Crippen molar-refractivity contribution in [2.24, 2.45) is 0 Å². The standard InChI is InChI=1S/C25H21N5O/c26-15-3-1-5-17(11-15)28-19-7-9-21-23(13-19)30-24-14-20(8-10-22(24)25(21)31)29-18-6-2-4-16(27)12-18/h1-14,28-29H,26-27H2,(H,30,31). The molecule has 0 unspecified atom stereocenters. The summed E-state index contributed by atoms with van der Waals surface area (Å²) in [7, 11) is 0. The van der Waals surface area contributed by atoms with Gasteiger partial charge in [0.1, 0.15) is 0 Å². The van der Waals surface area contributed by atoms with Crippen molar-refractivity contribution < 1.29 is 0 Å². The molecule has 152 valence electrons. The first-order valence-corrected chi connectivity index (χ1v) is 9.90. The minimum atomic E-state index is -0.00485. The average Bonchev–Trinajstić information content (AvgIpc) is 2.74. The van der Waals surface area contributed by atoms with Gasteiger partial charge in [-0.2, -0.15) is 0 Å². The molecule has 0 saturated carbocycles. The molecule has 5 rings (SSSR count). The molecule has 4 aromatic carbocycles. The van der Waals surface area contributed by atoms with Crippen LogP contribution in [0.5, 0.6) is 0 Å². The summed E-state index contributed by atoms with van der Waals surface area (Å²) in [5, 5.41) is 7.94. The lowest BCUT2D eigenvalue weighted by Crippen LogP contribution is -2.05. The average molecular weight is 407 g/mol. The first-order chi connectivity index (χ1) is 15.0. The number of H-pyrrole nitrogens is 1. The van der Waals surface area contributed by atoms with Crippen LogP contribution in [0, 0.1) is 0 Å². The summed E-state index contributed by atoms with van der Waals surface area (Å²) >= 11 is 0. The van der Waals surface area contributed by atoms with Crippen molar-refractivity contribution in [1.82, 2.24) is 4.98 Å². The SMILES string of the molecule is Nc1cccc(Nc2ccc3c(=O)c4ccc(Nc5cccc(N)c5)cc4[nH]c3c2)c1. The van der Waals surface area contributed by atoms with Crippen LogP contribution >= 0.6 is 0 Å². The molecule has 0 saturated heterocycles. The smallest absolute Gasteiger partial charge is 0.197 e. The van der Waals surface area contributed by atoms with Crippen LogP contribution in [0.3, 0.4) is 0 Å². The maximum absolute atomic E-state index is 13.0. The van der Waals surface area contributed by atoms with Gasteiger partial charge in [0.25, 0.3) is 0 Å². The van der Waals surface area contributed by atoms with E-state index in [-0.39, 0.29) is 5.43 Å². The highest BCUT2D eigenvalue weighted by molar-refractivity contribution is 5.95. The Morgan fingerprint density at radius 2 is 1.03 bits per heavy atom. The van der Waals surface area contributed by atoms with E-state index >= 15 is 0 Å². The fraction of sp³-hybridized carbons (Fsp3) is 0. The number of pyridine rings is 1. The van der Waals surface area contributed by atoms with E-state index in [9.17, 15) is 4.79 Å². The second kappa shape index (κ2) is 7.42. The van der Waals surface area contributed by atoms with E-state index in [1.165, 1.54) is 0 Å². The number of aromatic amines is 1. The van der Waals surface area contributed by atoms with E-state index in [1.807, 2.05) is 84.9 Å². The van der Waals surface area contributed by atoms with Crippen LogP contribution in [0.2, 0.25) is 0 Å². The zero-order valence-corrected chi connectivity index (χ0v) is 16.6. The summed E-state index contributed by atoms with van der Waals surface area (Å²) in [6, 6.07) is 26.4. The molecule has 6 heteroatoms. The number of nitrogens with one attached hydrogen (secondary N) is 3. The lowest BCUT2D eigenvalue weighted by atomic mass is 10.1. The summed E-state index contributed by atoms with van der Waals surface area (Å²) in [5.74, 6) is 0. The summed E-state index contributed by atoms with van der Waals surface area (Å²) in [6.45, 7) is 0. The molecule has 7 N–H and O–H groups in total. The number of fused-ring (bicyclic) bond motifs is 2. The Hall–Kier alpha value is -4.45. The van der Waals surface area contributed by atoms with Gasteiger partial charge < -0.3 is 27.1 Å². The van der Waals surface area contributed by atoms with Crippen molar-refractivity contribution in [3.63, 3.8) is 0 Å². The van der Waals surface area contributed by atoms with Crippen LogP contribution in [0.1, 0.15) is 0 Å². The van der Waals surface area contributed by atoms with Gasteiger partial charge in [-0.25, -0.2) is 0 Å². The molecule has 0 aliphatic heterocycles. The van der Waals surface area contributed by atoms with E-state index in [0.29, 0.717) is 22.1 Å². The zero-order valence-electron chi connectivity index (χ0n) is 16.6. The quantitative estimate of drug-likeness (QED) is 0.204. The molecule has 0 fully saturated rings. The molecule has 1 heterocycles. The molecule has 5 aromatic rings. The van der Waals surface area contributed by atoms with E-state index < -0.39 is 0 Å². The van der Waals surface area contributed by atoms with Crippen LogP contribution in [0.25, 0.3) is 21.8 Å². The highest BCUT2D eigenvalue weighted by atomic mass is 16.1. The molecular weight excluding hydrogens is 386 g/mol. The summed E-state index contributed by atoms with van der Waals surface area (Å²) in [4.78, 5) is 16.4. The molecule has 0 amide bonds. The predicted octanol–water partition coefficient (Wildman–Crippen LogP) is 5.33. The van der Waals surface area contributed by atoms with Gasteiger partial charge in [0.05, 0.1) is 11.0 Å². The number of nitrogen functional groups attached to an aromatic ring is 2. The van der Waals surface area contributed by atoms with Gasteiger partial charge in [-0.15, -0.1) is 0 Å². The number of anilines is 6. The number of rotatable bonds is 4. The van der Waals surface area contributed by atoms with Crippen molar-refractivity contribution in [3.8, 4) is 0 Å². The van der Waals surface area contributed by atoms with Gasteiger partial charge in [0.15, 0.2) is 5.43 Å². The van der Waals surface area contributed by atoms with Crippen LogP contribution in [-0.4, -0.2) is 4.98 Å². The minimum Gasteiger partial charge on any atom is -0.399 e. The van der Waals surface area contributed by atoms with E-state index in [4.69, 9.17) is 11.5 Å². The lowest BCUT2D eigenvalue weighted by Gasteiger charge is -2.11. The van der Waals surface area contributed by atoms with Crippen molar-refractivity contribution >= 4 is 55.9 Å². The maximum Gasteiger partial charge on any atom is 0.197 e. The Balaban J connectivity index is 1.54. The van der Waals surface area contributed by atoms with Crippen LogP contribution < -0.4 is 27.5 Å². The van der Waals surface area contributed by atoms with E-state index in [1.54, 1.807) is 0 Å². The molecule has 31 heavy (non-hydrogen) atoms. The van der Waals surface area contributed by atoms with Gasteiger partial charge in [0, 0.05) is 44.9 Å². The van der Waals surface area contributed by atoms with Crippen LogP contribution in [0.4, 0.5) is 34.1 Å². The summed E-state index contributed by atoms with van der Waals surface area (Å²) in [5.41, 5.74) is 18.1. The number of nitrogens with two attached hydrogens (primary N) is 2. The molecule has 0 atom stereocenters. The Labute approximate surface area is 178 Å². The van der Waals surface area contributed by atoms with Gasteiger partial charge in [-0.05, 0) is 72.8 Å². The Kier molecular flexibility index (Phi) is 4.45. The summed E-state index contributed by atoms with van der Waals surface area (Å²) < 4.78 is 0. The van der Waals surface area contributed by atoms with Gasteiger partial charge in [0.2, 0.25) is 0 Å². The first-order valence-electron chi connectivity index (χ1n) is 9.90. The Morgan fingerprint density at radius 1 is 0.581 bits per heavy atom. The predicted molar refractivity (Wildman–Crippen MR) is 130 cm³/mol. The fourth-order valence-electron chi connectivity index (χ4n) is 3.70.